The Hall–Kier alpha value is -1.86. The summed E-state index contributed by atoms with van der Waals surface area (Å²) in [5.41, 5.74) is 6.67. The van der Waals surface area contributed by atoms with Gasteiger partial charge in [-0.15, -0.1) is 11.3 Å². The highest BCUT2D eigenvalue weighted by molar-refractivity contribution is 9.10. The van der Waals surface area contributed by atoms with Gasteiger partial charge in [0.05, 0.1) is 17.0 Å². The molecule has 3 N–H and O–H groups in total. The lowest BCUT2D eigenvalue weighted by Crippen LogP contribution is -2.00. The molecule has 0 aliphatic heterocycles. The molecule has 3 rings (SSSR count). The second-order valence-electron chi connectivity index (χ2n) is 4.48. The Bertz CT molecular complexity index is 818. The van der Waals surface area contributed by atoms with Crippen molar-refractivity contribution in [2.24, 2.45) is 0 Å². The molecule has 2 heterocycles. The monoisotopic (exact) mass is 364 g/mol. The molecule has 0 fully saturated rings. The number of benzene rings is 1. The number of nitrogen functional groups attached to an aromatic ring is 1. The van der Waals surface area contributed by atoms with Gasteiger partial charge >= 0.3 is 0 Å². The number of rotatable bonds is 3. The van der Waals surface area contributed by atoms with Crippen LogP contribution in [0.4, 0.5) is 17.5 Å². The lowest BCUT2D eigenvalue weighted by Gasteiger charge is -2.09. The van der Waals surface area contributed by atoms with Crippen LogP contribution in [0.25, 0.3) is 10.2 Å². The molecule has 0 amide bonds. The molecule has 0 saturated carbocycles. The van der Waals surface area contributed by atoms with E-state index in [0.29, 0.717) is 5.82 Å². The van der Waals surface area contributed by atoms with Crippen molar-refractivity contribution in [3.8, 4) is 5.75 Å². The van der Waals surface area contributed by atoms with Crippen LogP contribution < -0.4 is 15.8 Å². The molecule has 3 aromatic rings. The van der Waals surface area contributed by atoms with E-state index in [9.17, 15) is 0 Å². The highest BCUT2D eigenvalue weighted by Gasteiger charge is 2.10. The Morgan fingerprint density at radius 3 is 2.81 bits per heavy atom. The van der Waals surface area contributed by atoms with Crippen LogP contribution in [0.1, 0.15) is 4.88 Å². The maximum Gasteiger partial charge on any atom is 0.223 e. The van der Waals surface area contributed by atoms with Crippen LogP contribution in [0, 0.1) is 6.92 Å². The van der Waals surface area contributed by atoms with Crippen molar-refractivity contribution in [2.45, 2.75) is 6.92 Å². The standard InChI is InChI=1S/C14H13BrN4OS/c1-7-5-9-12(18-14(16)19-13(9)21-7)17-8-3-4-11(20-2)10(15)6-8/h3-6H,1-2H3,(H3,16,17,18,19). The van der Waals surface area contributed by atoms with Crippen molar-refractivity contribution in [3.63, 3.8) is 0 Å². The van der Waals surface area contributed by atoms with E-state index in [2.05, 4.69) is 37.3 Å². The van der Waals surface area contributed by atoms with Crippen molar-refractivity contribution in [1.82, 2.24) is 9.97 Å². The van der Waals surface area contributed by atoms with Crippen LogP contribution >= 0.6 is 27.3 Å². The Morgan fingerprint density at radius 2 is 2.10 bits per heavy atom. The number of thiophene rings is 1. The maximum atomic E-state index is 5.78. The fourth-order valence-corrected chi connectivity index (χ4v) is 3.46. The van der Waals surface area contributed by atoms with E-state index in [-0.39, 0.29) is 5.95 Å². The van der Waals surface area contributed by atoms with Crippen LogP contribution in [0.5, 0.6) is 5.75 Å². The summed E-state index contributed by atoms with van der Waals surface area (Å²) >= 11 is 5.07. The zero-order valence-corrected chi connectivity index (χ0v) is 13.9. The summed E-state index contributed by atoms with van der Waals surface area (Å²) in [6.45, 7) is 2.04. The molecule has 0 bridgehead atoms. The molecule has 0 aliphatic rings. The van der Waals surface area contributed by atoms with Gasteiger partial charge in [-0.3, -0.25) is 0 Å². The van der Waals surface area contributed by atoms with Crippen LogP contribution in [0.3, 0.4) is 0 Å². The number of halogens is 1. The Labute approximate surface area is 134 Å². The van der Waals surface area contributed by atoms with Gasteiger partial charge in [0.15, 0.2) is 0 Å². The molecule has 0 saturated heterocycles. The van der Waals surface area contributed by atoms with Gasteiger partial charge in [-0.1, -0.05) is 0 Å². The third-order valence-electron chi connectivity index (χ3n) is 2.95. The number of nitrogens with one attached hydrogen (secondary N) is 1. The van der Waals surface area contributed by atoms with E-state index in [1.54, 1.807) is 18.4 Å². The average Bonchev–Trinajstić information content (AvgIpc) is 2.79. The van der Waals surface area contributed by atoms with Crippen LogP contribution in [-0.4, -0.2) is 17.1 Å². The second-order valence-corrected chi connectivity index (χ2v) is 6.57. The zero-order valence-electron chi connectivity index (χ0n) is 11.5. The maximum absolute atomic E-state index is 5.78. The number of anilines is 3. The molecule has 5 nitrogen and oxygen atoms in total. The molecule has 0 spiro atoms. The zero-order chi connectivity index (χ0) is 15.0. The summed E-state index contributed by atoms with van der Waals surface area (Å²) in [6.07, 6.45) is 0. The van der Waals surface area contributed by atoms with Gasteiger partial charge in [0.2, 0.25) is 5.95 Å². The van der Waals surface area contributed by atoms with Gasteiger partial charge in [-0.25, -0.2) is 4.98 Å². The number of hydrogen-bond donors (Lipinski definition) is 2. The molecular weight excluding hydrogens is 352 g/mol. The van der Waals surface area contributed by atoms with Crippen molar-refractivity contribution >= 4 is 54.9 Å². The fraction of sp³-hybridized carbons (Fsp3) is 0.143. The number of ether oxygens (including phenoxy) is 1. The molecule has 108 valence electrons. The minimum Gasteiger partial charge on any atom is -0.496 e. The van der Waals surface area contributed by atoms with E-state index in [4.69, 9.17) is 10.5 Å². The third-order valence-corrected chi connectivity index (χ3v) is 4.51. The first kappa shape index (κ1) is 14.1. The van der Waals surface area contributed by atoms with E-state index in [1.807, 2.05) is 25.1 Å². The highest BCUT2D eigenvalue weighted by Crippen LogP contribution is 2.33. The lowest BCUT2D eigenvalue weighted by atomic mass is 10.3. The van der Waals surface area contributed by atoms with Crippen molar-refractivity contribution in [1.29, 1.82) is 0 Å². The van der Waals surface area contributed by atoms with Crippen molar-refractivity contribution in [3.05, 3.63) is 33.6 Å². The number of aromatic nitrogens is 2. The number of hydrogen-bond acceptors (Lipinski definition) is 6. The SMILES string of the molecule is COc1ccc(Nc2nc(N)nc3sc(C)cc23)cc1Br. The molecule has 2 aromatic heterocycles. The van der Waals surface area contributed by atoms with Crippen LogP contribution in [-0.2, 0) is 0 Å². The quantitative estimate of drug-likeness (QED) is 0.731. The molecule has 0 unspecified atom stereocenters. The summed E-state index contributed by atoms with van der Waals surface area (Å²) in [6, 6.07) is 7.79. The minimum absolute atomic E-state index is 0.263. The normalized spacial score (nSPS) is 10.8. The summed E-state index contributed by atoms with van der Waals surface area (Å²) in [7, 11) is 1.63. The minimum atomic E-state index is 0.263. The number of nitrogens with two attached hydrogens (primary N) is 1. The van der Waals surface area contributed by atoms with Gasteiger partial charge in [0.25, 0.3) is 0 Å². The van der Waals surface area contributed by atoms with E-state index < -0.39 is 0 Å². The first-order chi connectivity index (χ1) is 10.1. The largest absolute Gasteiger partial charge is 0.496 e. The number of aryl methyl sites for hydroxylation is 1. The van der Waals surface area contributed by atoms with Gasteiger partial charge in [0.1, 0.15) is 16.4 Å². The smallest absolute Gasteiger partial charge is 0.223 e. The number of fused-ring (bicyclic) bond motifs is 1. The van der Waals surface area contributed by atoms with E-state index in [0.717, 1.165) is 26.1 Å². The van der Waals surface area contributed by atoms with Crippen LogP contribution in [0.15, 0.2) is 28.7 Å². The molecule has 0 atom stereocenters. The van der Waals surface area contributed by atoms with E-state index >= 15 is 0 Å². The summed E-state index contributed by atoms with van der Waals surface area (Å²) in [5, 5.41) is 4.25. The summed E-state index contributed by atoms with van der Waals surface area (Å²) in [4.78, 5) is 10.6. The fourth-order valence-electron chi connectivity index (χ4n) is 2.03. The molecule has 1 aromatic carbocycles. The van der Waals surface area contributed by atoms with Gasteiger partial charge in [-0.2, -0.15) is 4.98 Å². The molecule has 0 radical (unpaired) electrons. The molecular formula is C14H13BrN4OS. The first-order valence-electron chi connectivity index (χ1n) is 6.21. The summed E-state index contributed by atoms with van der Waals surface area (Å²) < 4.78 is 6.09. The van der Waals surface area contributed by atoms with Gasteiger partial charge in [-0.05, 0) is 47.1 Å². The van der Waals surface area contributed by atoms with Gasteiger partial charge < -0.3 is 15.8 Å². The van der Waals surface area contributed by atoms with Gasteiger partial charge in [0, 0.05) is 10.6 Å². The predicted octanol–water partition coefficient (Wildman–Crippen LogP) is 4.10. The highest BCUT2D eigenvalue weighted by atomic mass is 79.9. The second kappa shape index (κ2) is 5.50. The Balaban J connectivity index is 2.03. The Morgan fingerprint density at radius 1 is 1.29 bits per heavy atom. The molecule has 7 heteroatoms. The molecule has 21 heavy (non-hydrogen) atoms. The van der Waals surface area contributed by atoms with Crippen LogP contribution in [0.2, 0.25) is 0 Å². The number of methoxy groups -OCH3 is 1. The van der Waals surface area contributed by atoms with Crippen molar-refractivity contribution in [2.75, 3.05) is 18.2 Å². The lowest BCUT2D eigenvalue weighted by molar-refractivity contribution is 0.412. The third kappa shape index (κ3) is 2.79. The number of nitrogens with zero attached hydrogens (tertiary/aromatic N) is 2. The Kier molecular flexibility index (Phi) is 3.69. The van der Waals surface area contributed by atoms with Crippen molar-refractivity contribution < 1.29 is 4.74 Å². The topological polar surface area (TPSA) is 73.1 Å². The molecule has 0 aliphatic carbocycles. The average molecular weight is 365 g/mol. The summed E-state index contributed by atoms with van der Waals surface area (Å²) in [5.74, 6) is 1.75. The van der Waals surface area contributed by atoms with E-state index in [1.165, 1.54) is 4.88 Å². The predicted molar refractivity (Wildman–Crippen MR) is 90.5 cm³/mol. The first-order valence-corrected chi connectivity index (χ1v) is 7.82.